The highest BCUT2D eigenvalue weighted by molar-refractivity contribution is 6.03. The Morgan fingerprint density at radius 1 is 0.958 bits per heavy atom. The van der Waals surface area contributed by atoms with E-state index in [0.29, 0.717) is 0 Å². The first kappa shape index (κ1) is 14.8. The Labute approximate surface area is 141 Å². The zero-order valence-corrected chi connectivity index (χ0v) is 13.7. The van der Waals surface area contributed by atoms with Gasteiger partial charge in [-0.05, 0) is 49.4 Å². The number of rotatable bonds is 2. The first-order valence-corrected chi connectivity index (χ1v) is 8.37. The van der Waals surface area contributed by atoms with Crippen molar-refractivity contribution in [3.05, 3.63) is 77.5 Å². The molecule has 1 aliphatic carbocycles. The van der Waals surface area contributed by atoms with E-state index in [2.05, 4.69) is 71.2 Å². The molecule has 0 fully saturated rings. The van der Waals surface area contributed by atoms with Gasteiger partial charge < -0.3 is 9.77 Å². The summed E-state index contributed by atoms with van der Waals surface area (Å²) in [6.45, 7) is 2.14. The number of para-hydroxylation sites is 1. The van der Waals surface area contributed by atoms with Crippen molar-refractivity contribution in [2.24, 2.45) is 5.16 Å². The minimum absolute atomic E-state index is 0.792. The fraction of sp³-hybridized carbons (Fsp3) is 0.190. The molecule has 3 heteroatoms. The van der Waals surface area contributed by atoms with Gasteiger partial charge >= 0.3 is 0 Å². The van der Waals surface area contributed by atoms with E-state index in [0.717, 1.165) is 36.2 Å². The van der Waals surface area contributed by atoms with Crippen molar-refractivity contribution in [3.8, 4) is 16.9 Å². The van der Waals surface area contributed by atoms with Crippen molar-refractivity contribution in [1.29, 1.82) is 0 Å². The minimum atomic E-state index is 0.792. The third-order valence-corrected chi connectivity index (χ3v) is 4.79. The summed E-state index contributed by atoms with van der Waals surface area (Å²) in [5, 5.41) is 13.0. The topological polar surface area (TPSA) is 37.5 Å². The predicted molar refractivity (Wildman–Crippen MR) is 97.2 cm³/mol. The van der Waals surface area contributed by atoms with Gasteiger partial charge in [-0.2, -0.15) is 0 Å². The molecule has 0 saturated heterocycles. The van der Waals surface area contributed by atoms with Gasteiger partial charge in [-0.15, -0.1) is 0 Å². The number of fused-ring (bicyclic) bond motifs is 1. The van der Waals surface area contributed by atoms with Crippen LogP contribution < -0.4 is 0 Å². The highest BCUT2D eigenvalue weighted by Gasteiger charge is 2.24. The van der Waals surface area contributed by atoms with Gasteiger partial charge in [0.25, 0.3) is 0 Å². The van der Waals surface area contributed by atoms with E-state index in [1.807, 2.05) is 6.07 Å². The molecule has 0 radical (unpaired) electrons. The SMILES string of the molecule is Cc1ccccc1-n1c(-c2ccccc2)cc2c1CCC/C2=N/O. The Bertz CT molecular complexity index is 907. The second-order valence-corrected chi connectivity index (χ2v) is 6.28. The standard InChI is InChI=1S/C21H20N2O/c1-15-8-5-6-12-19(15)23-20-13-7-11-18(22-24)17(20)14-21(23)16-9-3-2-4-10-16/h2-6,8-10,12,14,24H,7,11,13H2,1H3/b22-18-. The van der Waals surface area contributed by atoms with Crippen molar-refractivity contribution in [2.75, 3.05) is 0 Å². The summed E-state index contributed by atoms with van der Waals surface area (Å²) >= 11 is 0. The number of hydrogen-bond acceptors (Lipinski definition) is 2. The van der Waals surface area contributed by atoms with Crippen molar-refractivity contribution in [2.45, 2.75) is 26.2 Å². The molecule has 0 bridgehead atoms. The van der Waals surface area contributed by atoms with Crippen molar-refractivity contribution in [3.63, 3.8) is 0 Å². The van der Waals surface area contributed by atoms with Crippen LogP contribution in [0, 0.1) is 6.92 Å². The van der Waals surface area contributed by atoms with E-state index in [1.165, 1.54) is 22.5 Å². The molecule has 0 amide bonds. The van der Waals surface area contributed by atoms with Crippen LogP contribution in [0.5, 0.6) is 0 Å². The minimum Gasteiger partial charge on any atom is -0.411 e. The second kappa shape index (κ2) is 6.00. The lowest BCUT2D eigenvalue weighted by Gasteiger charge is -2.19. The second-order valence-electron chi connectivity index (χ2n) is 6.28. The van der Waals surface area contributed by atoms with Crippen LogP contribution in [0.4, 0.5) is 0 Å². The number of aromatic nitrogens is 1. The predicted octanol–water partition coefficient (Wildman–Crippen LogP) is 4.97. The van der Waals surface area contributed by atoms with E-state index >= 15 is 0 Å². The molecule has 4 rings (SSSR count). The van der Waals surface area contributed by atoms with Gasteiger partial charge in [0, 0.05) is 16.9 Å². The van der Waals surface area contributed by atoms with Crippen LogP contribution in [0.3, 0.4) is 0 Å². The third-order valence-electron chi connectivity index (χ3n) is 4.79. The molecule has 3 nitrogen and oxygen atoms in total. The Morgan fingerprint density at radius 3 is 2.46 bits per heavy atom. The van der Waals surface area contributed by atoms with E-state index in [-0.39, 0.29) is 0 Å². The molecule has 1 heterocycles. The number of hydrogen-bond donors (Lipinski definition) is 1. The number of aryl methyl sites for hydroxylation is 1. The molecular formula is C21H20N2O. The molecule has 0 atom stereocenters. The monoisotopic (exact) mass is 316 g/mol. The fourth-order valence-corrected chi connectivity index (χ4v) is 3.62. The maximum absolute atomic E-state index is 9.41. The molecule has 1 aliphatic rings. The zero-order valence-electron chi connectivity index (χ0n) is 13.7. The molecule has 0 saturated carbocycles. The number of oxime groups is 1. The van der Waals surface area contributed by atoms with Gasteiger partial charge in [0.1, 0.15) is 0 Å². The van der Waals surface area contributed by atoms with E-state index in [1.54, 1.807) is 0 Å². The van der Waals surface area contributed by atoms with Gasteiger partial charge in [0.05, 0.1) is 11.4 Å². The van der Waals surface area contributed by atoms with Crippen molar-refractivity contribution in [1.82, 2.24) is 4.57 Å². The van der Waals surface area contributed by atoms with Crippen LogP contribution in [-0.2, 0) is 6.42 Å². The summed E-state index contributed by atoms with van der Waals surface area (Å²) < 4.78 is 2.34. The van der Waals surface area contributed by atoms with Crippen LogP contribution in [0.2, 0.25) is 0 Å². The van der Waals surface area contributed by atoms with Crippen LogP contribution in [0.15, 0.2) is 65.8 Å². The number of nitrogens with zero attached hydrogens (tertiary/aromatic N) is 2. The normalized spacial score (nSPS) is 15.5. The lowest BCUT2D eigenvalue weighted by Crippen LogP contribution is -2.14. The first-order valence-electron chi connectivity index (χ1n) is 8.37. The molecule has 0 spiro atoms. The molecule has 3 aromatic rings. The average Bonchev–Trinajstić information content (AvgIpc) is 3.02. The smallest absolute Gasteiger partial charge is 0.0886 e. The lowest BCUT2D eigenvalue weighted by molar-refractivity contribution is 0.317. The quantitative estimate of drug-likeness (QED) is 0.526. The zero-order chi connectivity index (χ0) is 16.5. The van der Waals surface area contributed by atoms with Crippen molar-refractivity contribution < 1.29 is 5.21 Å². The lowest BCUT2D eigenvalue weighted by atomic mass is 9.95. The largest absolute Gasteiger partial charge is 0.411 e. The maximum Gasteiger partial charge on any atom is 0.0886 e. The first-order chi connectivity index (χ1) is 11.8. The average molecular weight is 316 g/mol. The van der Waals surface area contributed by atoms with Crippen LogP contribution in [0.25, 0.3) is 16.9 Å². The third kappa shape index (κ3) is 2.33. The highest BCUT2D eigenvalue weighted by Crippen LogP contribution is 2.34. The summed E-state index contributed by atoms with van der Waals surface area (Å²) in [5.74, 6) is 0. The Kier molecular flexibility index (Phi) is 3.69. The Morgan fingerprint density at radius 2 is 1.71 bits per heavy atom. The number of benzene rings is 2. The van der Waals surface area contributed by atoms with E-state index in [4.69, 9.17) is 0 Å². The van der Waals surface area contributed by atoms with Crippen LogP contribution in [0.1, 0.15) is 29.7 Å². The fourth-order valence-electron chi connectivity index (χ4n) is 3.62. The van der Waals surface area contributed by atoms with Crippen LogP contribution >= 0.6 is 0 Å². The summed E-state index contributed by atoms with van der Waals surface area (Å²) in [5.41, 5.74) is 7.86. The van der Waals surface area contributed by atoms with Gasteiger partial charge in [0.15, 0.2) is 0 Å². The van der Waals surface area contributed by atoms with Crippen molar-refractivity contribution >= 4 is 5.71 Å². The van der Waals surface area contributed by atoms with Gasteiger partial charge in [-0.25, -0.2) is 0 Å². The Balaban J connectivity index is 2.04. The van der Waals surface area contributed by atoms with E-state index in [9.17, 15) is 5.21 Å². The molecule has 120 valence electrons. The molecule has 1 N–H and O–H groups in total. The summed E-state index contributed by atoms with van der Waals surface area (Å²) in [7, 11) is 0. The molecule has 2 aromatic carbocycles. The summed E-state index contributed by atoms with van der Waals surface area (Å²) in [6, 6.07) is 21.0. The van der Waals surface area contributed by atoms with Gasteiger partial charge in [0.2, 0.25) is 0 Å². The maximum atomic E-state index is 9.41. The molecular weight excluding hydrogens is 296 g/mol. The highest BCUT2D eigenvalue weighted by atomic mass is 16.4. The van der Waals surface area contributed by atoms with Gasteiger partial charge in [-0.1, -0.05) is 53.7 Å². The molecule has 1 aromatic heterocycles. The van der Waals surface area contributed by atoms with Crippen LogP contribution in [-0.4, -0.2) is 15.5 Å². The summed E-state index contributed by atoms with van der Waals surface area (Å²) in [4.78, 5) is 0. The molecule has 0 aliphatic heterocycles. The summed E-state index contributed by atoms with van der Waals surface area (Å²) in [6.07, 6.45) is 2.83. The molecule has 0 unspecified atom stereocenters. The Hall–Kier alpha value is -2.81. The molecule has 24 heavy (non-hydrogen) atoms. The van der Waals surface area contributed by atoms with Gasteiger partial charge in [-0.3, -0.25) is 0 Å². The van der Waals surface area contributed by atoms with E-state index < -0.39 is 0 Å².